The number of carboxylic acid groups (broad SMARTS) is 1. The Morgan fingerprint density at radius 1 is 1.28 bits per heavy atom. The third-order valence-corrected chi connectivity index (χ3v) is 2.57. The van der Waals surface area contributed by atoms with Crippen LogP contribution in [-0.2, 0) is 0 Å². The number of hydrogen-bond acceptors (Lipinski definition) is 3. The Bertz CT molecular complexity index is 602. The highest BCUT2D eigenvalue weighted by molar-refractivity contribution is 6.32. The number of rotatable bonds is 3. The van der Waals surface area contributed by atoms with Crippen molar-refractivity contribution in [2.24, 2.45) is 0 Å². The minimum Gasteiger partial charge on any atom is -0.478 e. The number of aromatic carboxylic acids is 1. The average Bonchev–Trinajstić information content (AvgIpc) is 2.31. The zero-order valence-corrected chi connectivity index (χ0v) is 10.4. The molecule has 18 heavy (non-hydrogen) atoms. The molecular formula is C12H7Cl2NO3. The fourth-order valence-corrected chi connectivity index (χ4v) is 1.64. The number of aromatic nitrogens is 1. The van der Waals surface area contributed by atoms with Gasteiger partial charge in [0.1, 0.15) is 10.8 Å². The lowest BCUT2D eigenvalue weighted by Gasteiger charge is -2.06. The summed E-state index contributed by atoms with van der Waals surface area (Å²) in [7, 11) is 0. The number of nitrogens with zero attached hydrogens (tertiary/aromatic N) is 1. The van der Waals surface area contributed by atoms with Crippen molar-refractivity contribution in [3.05, 3.63) is 52.1 Å². The summed E-state index contributed by atoms with van der Waals surface area (Å²) in [5.74, 6) is -0.498. The molecule has 0 saturated carbocycles. The number of pyridine rings is 1. The molecule has 0 aliphatic carbocycles. The van der Waals surface area contributed by atoms with Crippen LogP contribution < -0.4 is 4.74 Å². The molecule has 0 bridgehead atoms. The summed E-state index contributed by atoms with van der Waals surface area (Å²) in [6.45, 7) is 0. The number of halogens is 2. The molecule has 0 amide bonds. The Hall–Kier alpha value is -1.78. The highest BCUT2D eigenvalue weighted by atomic mass is 35.5. The minimum atomic E-state index is -1.10. The van der Waals surface area contributed by atoms with E-state index in [2.05, 4.69) is 4.98 Å². The number of ether oxygens (including phenoxy) is 1. The van der Waals surface area contributed by atoms with Gasteiger partial charge >= 0.3 is 5.97 Å². The molecule has 0 fully saturated rings. The van der Waals surface area contributed by atoms with Gasteiger partial charge in [-0.15, -0.1) is 0 Å². The number of carbonyl (C=O) groups is 1. The molecule has 0 atom stereocenters. The molecule has 1 heterocycles. The lowest BCUT2D eigenvalue weighted by atomic mass is 10.3. The normalized spacial score (nSPS) is 10.1. The summed E-state index contributed by atoms with van der Waals surface area (Å²) in [6, 6.07) is 7.99. The number of carboxylic acids is 1. The van der Waals surface area contributed by atoms with Crippen LogP contribution in [0.1, 0.15) is 10.4 Å². The van der Waals surface area contributed by atoms with E-state index >= 15 is 0 Å². The first-order valence-electron chi connectivity index (χ1n) is 4.88. The molecule has 0 unspecified atom stereocenters. The first-order chi connectivity index (χ1) is 8.56. The van der Waals surface area contributed by atoms with Crippen LogP contribution in [0.4, 0.5) is 0 Å². The van der Waals surface area contributed by atoms with E-state index in [4.69, 9.17) is 33.0 Å². The van der Waals surface area contributed by atoms with Crippen LogP contribution in [0.15, 0.2) is 36.5 Å². The molecule has 0 aliphatic rings. The molecule has 1 aromatic heterocycles. The highest BCUT2D eigenvalue weighted by Crippen LogP contribution is 2.28. The van der Waals surface area contributed by atoms with Gasteiger partial charge in [0.25, 0.3) is 0 Å². The van der Waals surface area contributed by atoms with Crippen LogP contribution in [0, 0.1) is 0 Å². The van der Waals surface area contributed by atoms with Gasteiger partial charge in [0, 0.05) is 11.2 Å². The maximum absolute atomic E-state index is 10.7. The van der Waals surface area contributed by atoms with E-state index in [1.165, 1.54) is 12.3 Å². The van der Waals surface area contributed by atoms with E-state index in [9.17, 15) is 4.79 Å². The van der Waals surface area contributed by atoms with E-state index in [1.54, 1.807) is 24.3 Å². The highest BCUT2D eigenvalue weighted by Gasteiger charge is 2.10. The predicted octanol–water partition coefficient (Wildman–Crippen LogP) is 3.88. The van der Waals surface area contributed by atoms with Gasteiger partial charge in [-0.05, 0) is 24.3 Å². The second-order valence-corrected chi connectivity index (χ2v) is 4.22. The van der Waals surface area contributed by atoms with Crippen molar-refractivity contribution >= 4 is 29.2 Å². The molecule has 0 spiro atoms. The van der Waals surface area contributed by atoms with E-state index in [1.807, 2.05) is 0 Å². The van der Waals surface area contributed by atoms with Gasteiger partial charge in [0.2, 0.25) is 5.88 Å². The van der Waals surface area contributed by atoms with Gasteiger partial charge < -0.3 is 9.84 Å². The minimum absolute atomic E-state index is 0.00144. The average molecular weight is 284 g/mol. The van der Waals surface area contributed by atoms with Crippen LogP contribution >= 0.6 is 23.2 Å². The van der Waals surface area contributed by atoms with Gasteiger partial charge in [-0.25, -0.2) is 9.78 Å². The number of benzene rings is 1. The van der Waals surface area contributed by atoms with Crippen molar-refractivity contribution in [1.82, 2.24) is 4.98 Å². The van der Waals surface area contributed by atoms with Crippen molar-refractivity contribution in [2.75, 3.05) is 0 Å². The maximum Gasteiger partial charge on any atom is 0.337 e. The molecular weight excluding hydrogens is 277 g/mol. The van der Waals surface area contributed by atoms with Crippen LogP contribution in [0.2, 0.25) is 10.0 Å². The van der Waals surface area contributed by atoms with Crippen LogP contribution in [-0.4, -0.2) is 16.1 Å². The topological polar surface area (TPSA) is 59.4 Å². The SMILES string of the molecule is O=C(O)c1cnc(Oc2cccc(Cl)c2)c(Cl)c1. The quantitative estimate of drug-likeness (QED) is 0.929. The zero-order chi connectivity index (χ0) is 13.1. The number of hydrogen-bond donors (Lipinski definition) is 1. The van der Waals surface area contributed by atoms with E-state index in [-0.39, 0.29) is 16.5 Å². The summed E-state index contributed by atoms with van der Waals surface area (Å²) in [5.41, 5.74) is -0.00144. The van der Waals surface area contributed by atoms with Crippen molar-refractivity contribution in [2.45, 2.75) is 0 Å². The predicted molar refractivity (Wildman–Crippen MR) is 67.7 cm³/mol. The standard InChI is InChI=1S/C12H7Cl2NO3/c13-8-2-1-3-9(5-8)18-11-10(14)4-7(6-15-11)12(16)17/h1-6H,(H,16,17). The Kier molecular flexibility index (Phi) is 3.69. The second kappa shape index (κ2) is 5.25. The Morgan fingerprint density at radius 2 is 2.06 bits per heavy atom. The molecule has 0 radical (unpaired) electrons. The second-order valence-electron chi connectivity index (χ2n) is 3.38. The van der Waals surface area contributed by atoms with Crippen LogP contribution in [0.25, 0.3) is 0 Å². The smallest absolute Gasteiger partial charge is 0.337 e. The fraction of sp³-hybridized carbons (Fsp3) is 0. The Labute approximate surface area is 113 Å². The first-order valence-corrected chi connectivity index (χ1v) is 5.64. The molecule has 0 saturated heterocycles. The van der Waals surface area contributed by atoms with Gasteiger partial charge in [-0.2, -0.15) is 0 Å². The summed E-state index contributed by atoms with van der Waals surface area (Å²) in [4.78, 5) is 14.6. The van der Waals surface area contributed by atoms with Crippen molar-refractivity contribution in [3.8, 4) is 11.6 Å². The molecule has 2 rings (SSSR count). The fourth-order valence-electron chi connectivity index (χ4n) is 1.26. The van der Waals surface area contributed by atoms with Crippen molar-refractivity contribution in [1.29, 1.82) is 0 Å². The molecule has 1 aromatic carbocycles. The van der Waals surface area contributed by atoms with Crippen LogP contribution in [0.5, 0.6) is 11.6 Å². The zero-order valence-electron chi connectivity index (χ0n) is 8.93. The maximum atomic E-state index is 10.7. The lowest BCUT2D eigenvalue weighted by Crippen LogP contribution is -1.98. The molecule has 1 N–H and O–H groups in total. The molecule has 4 nitrogen and oxygen atoms in total. The van der Waals surface area contributed by atoms with Crippen molar-refractivity contribution in [3.63, 3.8) is 0 Å². The van der Waals surface area contributed by atoms with Gasteiger partial charge in [0.05, 0.1) is 5.56 Å². The Morgan fingerprint density at radius 3 is 2.67 bits per heavy atom. The summed E-state index contributed by atoms with van der Waals surface area (Å²) in [6.07, 6.45) is 1.17. The third-order valence-electron chi connectivity index (χ3n) is 2.06. The van der Waals surface area contributed by atoms with Crippen LogP contribution in [0.3, 0.4) is 0 Å². The molecule has 2 aromatic rings. The van der Waals surface area contributed by atoms with Gasteiger partial charge in [-0.1, -0.05) is 29.3 Å². The summed E-state index contributed by atoms with van der Waals surface area (Å²) >= 11 is 11.7. The lowest BCUT2D eigenvalue weighted by molar-refractivity contribution is 0.0696. The largest absolute Gasteiger partial charge is 0.478 e. The summed E-state index contributed by atoms with van der Waals surface area (Å²) in [5, 5.41) is 9.41. The van der Waals surface area contributed by atoms with E-state index < -0.39 is 5.97 Å². The summed E-state index contributed by atoms with van der Waals surface area (Å²) < 4.78 is 5.40. The third kappa shape index (κ3) is 2.91. The van der Waals surface area contributed by atoms with Crippen molar-refractivity contribution < 1.29 is 14.6 Å². The monoisotopic (exact) mass is 283 g/mol. The van der Waals surface area contributed by atoms with E-state index in [0.29, 0.717) is 10.8 Å². The van der Waals surface area contributed by atoms with E-state index in [0.717, 1.165) is 0 Å². The Balaban J connectivity index is 2.27. The molecule has 6 heteroatoms. The first kappa shape index (κ1) is 12.7. The van der Waals surface area contributed by atoms with Gasteiger partial charge in [-0.3, -0.25) is 0 Å². The van der Waals surface area contributed by atoms with Gasteiger partial charge in [0.15, 0.2) is 0 Å². The molecule has 0 aliphatic heterocycles. The molecule has 92 valence electrons.